The van der Waals surface area contributed by atoms with Crippen molar-refractivity contribution in [3.05, 3.63) is 58.7 Å². The fourth-order valence-electron chi connectivity index (χ4n) is 1.92. The van der Waals surface area contributed by atoms with Crippen LogP contribution in [0, 0.1) is 0 Å². The lowest BCUT2D eigenvalue weighted by molar-refractivity contribution is 0.486. The second kappa shape index (κ2) is 5.19. The molecule has 3 nitrogen and oxygen atoms in total. The molecule has 3 aromatic rings. The Morgan fingerprint density at radius 1 is 1.00 bits per heavy atom. The maximum atomic E-state index is 6.11. The molecule has 0 spiro atoms. The molecule has 0 saturated heterocycles. The van der Waals surface area contributed by atoms with Crippen LogP contribution in [0.1, 0.15) is 0 Å². The molecular weight excluding hydrogens is 295 g/mol. The topological polar surface area (TPSA) is 48.1 Å². The number of hydrogen-bond acceptors (Lipinski definition) is 3. The van der Waals surface area contributed by atoms with Crippen LogP contribution in [0.2, 0.25) is 10.0 Å². The Hall–Kier alpha value is -1.97. The Balaban J connectivity index is 2.04. The Morgan fingerprint density at radius 3 is 2.60 bits per heavy atom. The van der Waals surface area contributed by atoms with Crippen LogP contribution in [0.5, 0.6) is 11.5 Å². The summed E-state index contributed by atoms with van der Waals surface area (Å²) in [5.74, 6) is 1.04. The molecule has 2 N–H and O–H groups in total. The van der Waals surface area contributed by atoms with Gasteiger partial charge in [-0.3, -0.25) is 4.98 Å². The summed E-state index contributed by atoms with van der Waals surface area (Å²) in [6.45, 7) is 0. The molecule has 5 heteroatoms. The minimum atomic E-state index is 0.434. The zero-order valence-electron chi connectivity index (χ0n) is 10.3. The first-order valence-electron chi connectivity index (χ1n) is 5.91. The van der Waals surface area contributed by atoms with Crippen molar-refractivity contribution in [1.82, 2.24) is 4.98 Å². The van der Waals surface area contributed by atoms with Gasteiger partial charge in [-0.05, 0) is 42.5 Å². The quantitative estimate of drug-likeness (QED) is 0.684. The van der Waals surface area contributed by atoms with Gasteiger partial charge in [0.25, 0.3) is 0 Å². The third kappa shape index (κ3) is 2.38. The second-order valence-corrected chi connectivity index (χ2v) is 5.07. The molecule has 0 atom stereocenters. The highest BCUT2D eigenvalue weighted by Crippen LogP contribution is 2.36. The van der Waals surface area contributed by atoms with Gasteiger partial charge in [0.05, 0.1) is 16.2 Å². The maximum absolute atomic E-state index is 6.11. The van der Waals surface area contributed by atoms with Gasteiger partial charge >= 0.3 is 0 Å². The van der Waals surface area contributed by atoms with Gasteiger partial charge in [-0.2, -0.15) is 0 Å². The first kappa shape index (κ1) is 13.0. The van der Waals surface area contributed by atoms with Crippen LogP contribution < -0.4 is 10.5 Å². The van der Waals surface area contributed by atoms with Crippen molar-refractivity contribution in [2.75, 3.05) is 5.73 Å². The highest BCUT2D eigenvalue weighted by molar-refractivity contribution is 6.35. The van der Waals surface area contributed by atoms with E-state index in [0.717, 1.165) is 10.9 Å². The smallest absolute Gasteiger partial charge is 0.151 e. The Kier molecular flexibility index (Phi) is 3.38. The largest absolute Gasteiger partial charge is 0.454 e. The van der Waals surface area contributed by atoms with Gasteiger partial charge in [0.15, 0.2) is 5.75 Å². The number of rotatable bonds is 2. The molecule has 0 fully saturated rings. The number of anilines is 1. The summed E-state index contributed by atoms with van der Waals surface area (Å²) in [5.41, 5.74) is 7.46. The van der Waals surface area contributed by atoms with E-state index in [1.54, 1.807) is 30.5 Å². The first-order valence-corrected chi connectivity index (χ1v) is 6.67. The molecule has 20 heavy (non-hydrogen) atoms. The Labute approximate surface area is 125 Å². The zero-order valence-corrected chi connectivity index (χ0v) is 11.8. The second-order valence-electron chi connectivity index (χ2n) is 4.22. The summed E-state index contributed by atoms with van der Waals surface area (Å²) in [7, 11) is 0. The van der Waals surface area contributed by atoms with E-state index < -0.39 is 0 Å². The SMILES string of the molecule is Nc1c(Oc2ccc(Cl)cc2Cl)ccc2ncccc12. The van der Waals surface area contributed by atoms with Crippen molar-refractivity contribution in [1.29, 1.82) is 0 Å². The molecule has 1 aromatic heterocycles. The summed E-state index contributed by atoms with van der Waals surface area (Å²) >= 11 is 11.9. The lowest BCUT2D eigenvalue weighted by Crippen LogP contribution is -1.94. The average Bonchev–Trinajstić information content (AvgIpc) is 2.45. The summed E-state index contributed by atoms with van der Waals surface area (Å²) in [4.78, 5) is 4.24. The fraction of sp³-hybridized carbons (Fsp3) is 0. The monoisotopic (exact) mass is 304 g/mol. The molecule has 0 radical (unpaired) electrons. The van der Waals surface area contributed by atoms with Crippen LogP contribution in [-0.4, -0.2) is 4.98 Å². The number of nitrogens with zero attached hydrogens (tertiary/aromatic N) is 1. The Morgan fingerprint density at radius 2 is 1.80 bits per heavy atom. The molecule has 0 saturated carbocycles. The molecular formula is C15H10Cl2N2O. The number of benzene rings is 2. The number of hydrogen-bond donors (Lipinski definition) is 1. The molecule has 0 unspecified atom stereocenters. The summed E-state index contributed by atoms with van der Waals surface area (Å²) in [5, 5.41) is 1.83. The molecule has 100 valence electrons. The predicted octanol–water partition coefficient (Wildman–Crippen LogP) is 4.92. The van der Waals surface area contributed by atoms with Gasteiger partial charge in [0.1, 0.15) is 5.75 Å². The summed E-state index contributed by atoms with van der Waals surface area (Å²) in [6.07, 6.45) is 1.72. The predicted molar refractivity (Wildman–Crippen MR) is 82.7 cm³/mol. The third-order valence-corrected chi connectivity index (χ3v) is 3.43. The van der Waals surface area contributed by atoms with E-state index in [4.69, 9.17) is 33.7 Å². The highest BCUT2D eigenvalue weighted by atomic mass is 35.5. The molecule has 0 aliphatic heterocycles. The van der Waals surface area contributed by atoms with Gasteiger partial charge in [-0.1, -0.05) is 23.2 Å². The third-order valence-electron chi connectivity index (χ3n) is 2.90. The maximum Gasteiger partial charge on any atom is 0.151 e. The number of aromatic nitrogens is 1. The van der Waals surface area contributed by atoms with Crippen molar-refractivity contribution >= 4 is 39.8 Å². The summed E-state index contributed by atoms with van der Waals surface area (Å²) < 4.78 is 5.76. The van der Waals surface area contributed by atoms with Gasteiger partial charge in [0, 0.05) is 16.6 Å². The van der Waals surface area contributed by atoms with Crippen molar-refractivity contribution < 1.29 is 4.74 Å². The van der Waals surface area contributed by atoms with E-state index in [2.05, 4.69) is 4.98 Å². The van der Waals surface area contributed by atoms with Crippen LogP contribution in [0.3, 0.4) is 0 Å². The first-order chi connectivity index (χ1) is 9.65. The lowest BCUT2D eigenvalue weighted by atomic mass is 10.1. The fourth-order valence-corrected chi connectivity index (χ4v) is 2.37. The molecule has 0 bridgehead atoms. The zero-order chi connectivity index (χ0) is 14.1. The normalized spacial score (nSPS) is 10.7. The van der Waals surface area contributed by atoms with Crippen molar-refractivity contribution in [3.8, 4) is 11.5 Å². The van der Waals surface area contributed by atoms with Crippen molar-refractivity contribution in [3.63, 3.8) is 0 Å². The van der Waals surface area contributed by atoms with E-state index in [1.807, 2.05) is 18.2 Å². The molecule has 1 heterocycles. The van der Waals surface area contributed by atoms with Gasteiger partial charge in [-0.15, -0.1) is 0 Å². The van der Waals surface area contributed by atoms with E-state index in [-0.39, 0.29) is 0 Å². The standard InChI is InChI=1S/C15H10Cl2N2O/c16-9-3-5-13(11(17)8-9)20-14-6-4-12-10(15(14)18)2-1-7-19-12/h1-8H,18H2. The van der Waals surface area contributed by atoms with Crippen LogP contribution in [-0.2, 0) is 0 Å². The molecule has 0 amide bonds. The van der Waals surface area contributed by atoms with E-state index in [0.29, 0.717) is 27.2 Å². The summed E-state index contributed by atoms with van der Waals surface area (Å²) in [6, 6.07) is 12.4. The number of nitrogens with two attached hydrogens (primary N) is 1. The number of nitrogen functional groups attached to an aromatic ring is 1. The van der Waals surface area contributed by atoms with Crippen molar-refractivity contribution in [2.24, 2.45) is 0 Å². The molecule has 0 aliphatic carbocycles. The molecule has 3 rings (SSSR count). The number of ether oxygens (including phenoxy) is 1. The minimum absolute atomic E-state index is 0.434. The number of halogens is 2. The average molecular weight is 305 g/mol. The van der Waals surface area contributed by atoms with Gasteiger partial charge in [0.2, 0.25) is 0 Å². The minimum Gasteiger partial charge on any atom is -0.454 e. The van der Waals surface area contributed by atoms with Crippen LogP contribution in [0.25, 0.3) is 10.9 Å². The van der Waals surface area contributed by atoms with Crippen LogP contribution in [0.15, 0.2) is 48.7 Å². The highest BCUT2D eigenvalue weighted by Gasteiger charge is 2.09. The molecule has 0 aliphatic rings. The lowest BCUT2D eigenvalue weighted by Gasteiger charge is -2.11. The van der Waals surface area contributed by atoms with Gasteiger partial charge < -0.3 is 10.5 Å². The van der Waals surface area contributed by atoms with E-state index in [1.165, 1.54) is 0 Å². The molecule has 2 aromatic carbocycles. The van der Waals surface area contributed by atoms with Crippen molar-refractivity contribution in [2.45, 2.75) is 0 Å². The number of fused-ring (bicyclic) bond motifs is 1. The number of pyridine rings is 1. The van der Waals surface area contributed by atoms with Gasteiger partial charge in [-0.25, -0.2) is 0 Å². The van der Waals surface area contributed by atoms with Crippen LogP contribution >= 0.6 is 23.2 Å². The Bertz CT molecular complexity index is 790. The van der Waals surface area contributed by atoms with Crippen LogP contribution in [0.4, 0.5) is 5.69 Å². The van der Waals surface area contributed by atoms with E-state index >= 15 is 0 Å². The van der Waals surface area contributed by atoms with E-state index in [9.17, 15) is 0 Å².